The van der Waals surface area contributed by atoms with Crippen LogP contribution < -0.4 is 31.1 Å². The van der Waals surface area contributed by atoms with Crippen LogP contribution in [0, 0.1) is 17.8 Å². The van der Waals surface area contributed by atoms with Gasteiger partial charge >= 0.3 is 13.8 Å². The summed E-state index contributed by atoms with van der Waals surface area (Å²) in [5.74, 6) is -10.1. The highest BCUT2D eigenvalue weighted by Gasteiger charge is 2.45. The lowest BCUT2D eigenvalue weighted by Gasteiger charge is -2.34. The van der Waals surface area contributed by atoms with Gasteiger partial charge in [0.15, 0.2) is 0 Å². The van der Waals surface area contributed by atoms with Gasteiger partial charge in [0, 0.05) is 18.8 Å². The monoisotopic (exact) mass is 889 g/mol. The maximum Gasteiger partial charge on any atom is 0.524 e. The first-order valence-electron chi connectivity index (χ1n) is 20.6. The maximum atomic E-state index is 14.2. The second kappa shape index (κ2) is 23.8. The summed E-state index contributed by atoms with van der Waals surface area (Å²) in [4.78, 5) is 107. The number of nitrogens with one attached hydrogen (secondary N) is 5. The number of hydrogen-bond donors (Lipinski definition) is 10. The fourth-order valence-corrected chi connectivity index (χ4v) is 7.40. The Labute approximate surface area is 360 Å². The predicted octanol–water partition coefficient (Wildman–Crippen LogP) is 1.63. The highest BCUT2D eigenvalue weighted by Crippen LogP contribution is 2.37. The van der Waals surface area contributed by atoms with Crippen molar-refractivity contribution in [1.29, 1.82) is 0 Å². The number of aliphatic hydroxyl groups is 2. The van der Waals surface area contributed by atoms with Crippen LogP contribution in [0.15, 0.2) is 55.5 Å². The minimum atomic E-state index is -4.86. The maximum absolute atomic E-state index is 14.2. The quantitative estimate of drug-likeness (QED) is 0.0407. The molecule has 1 aromatic carbocycles. The summed E-state index contributed by atoms with van der Waals surface area (Å²) in [6.45, 7) is 10.9. The van der Waals surface area contributed by atoms with Crippen LogP contribution in [-0.2, 0) is 35.0 Å². The molecule has 21 heteroatoms. The van der Waals surface area contributed by atoms with Crippen molar-refractivity contribution < 1.29 is 63.0 Å². The molecule has 1 aliphatic rings. The number of carbonyl (C=O) groups excluding carboxylic acids is 5. The SMILES string of the molecule is C=CC[C@H](NC(=O)[C@H](CC1CCCCC1)NC(=O)[C@@H](NC(=O)[C@H](CC(C)C)NC(=O)c1cnccn1)[C@@H](C)CC)C(O)(O)C(=O)N[C@@H](Cc1ccc(OP(=O)(O)O)cc1)C(=O)O. The number of carbonyl (C=O) groups is 6. The molecule has 1 aliphatic carbocycles. The van der Waals surface area contributed by atoms with E-state index in [1.54, 1.807) is 6.92 Å². The number of aromatic nitrogens is 2. The Hall–Kier alpha value is -5.27. The molecule has 0 spiro atoms. The lowest BCUT2D eigenvalue weighted by Crippen LogP contribution is -2.65. The van der Waals surface area contributed by atoms with Gasteiger partial charge in [-0.15, -0.1) is 6.58 Å². The number of phosphoric acid groups is 1. The van der Waals surface area contributed by atoms with Crippen LogP contribution in [0.1, 0.15) is 102 Å². The normalized spacial score (nSPS) is 16.3. The molecule has 342 valence electrons. The number of nitrogens with zero attached hydrogens (tertiary/aromatic N) is 2. The molecule has 3 rings (SSSR count). The molecule has 1 fully saturated rings. The van der Waals surface area contributed by atoms with Gasteiger partial charge in [0.25, 0.3) is 17.6 Å². The zero-order valence-corrected chi connectivity index (χ0v) is 36.3. The topological polar surface area (TPSA) is 316 Å². The summed E-state index contributed by atoms with van der Waals surface area (Å²) in [5, 5.41) is 45.0. The number of carboxylic acid groups (broad SMARTS) is 1. The van der Waals surface area contributed by atoms with Gasteiger partial charge < -0.3 is 46.4 Å². The van der Waals surface area contributed by atoms with Crippen LogP contribution in [0.3, 0.4) is 0 Å². The van der Waals surface area contributed by atoms with Crippen molar-refractivity contribution in [2.75, 3.05) is 0 Å². The molecule has 62 heavy (non-hydrogen) atoms. The van der Waals surface area contributed by atoms with Gasteiger partial charge in [-0.2, -0.15) is 0 Å². The highest BCUT2D eigenvalue weighted by molar-refractivity contribution is 7.46. The molecule has 1 saturated carbocycles. The van der Waals surface area contributed by atoms with E-state index in [1.807, 2.05) is 20.8 Å². The van der Waals surface area contributed by atoms with E-state index in [1.165, 1.54) is 48.9 Å². The Balaban J connectivity index is 1.84. The molecule has 1 aromatic heterocycles. The van der Waals surface area contributed by atoms with E-state index in [-0.39, 0.29) is 41.7 Å². The molecule has 0 bridgehead atoms. The molecule has 0 radical (unpaired) electrons. The second-order valence-corrected chi connectivity index (χ2v) is 17.2. The summed E-state index contributed by atoms with van der Waals surface area (Å²) in [7, 11) is -4.86. The number of carboxylic acids is 1. The van der Waals surface area contributed by atoms with Crippen LogP contribution in [0.4, 0.5) is 0 Å². The second-order valence-electron chi connectivity index (χ2n) is 16.0. The fourth-order valence-electron chi connectivity index (χ4n) is 7.00. The summed E-state index contributed by atoms with van der Waals surface area (Å²) < 4.78 is 15.6. The summed E-state index contributed by atoms with van der Waals surface area (Å²) in [5.41, 5.74) is 0.260. The fraction of sp³-hybridized carbons (Fsp3) is 0.561. The minimum Gasteiger partial charge on any atom is -0.480 e. The van der Waals surface area contributed by atoms with Crippen LogP contribution in [0.25, 0.3) is 0 Å². The Morgan fingerprint density at radius 3 is 2.08 bits per heavy atom. The van der Waals surface area contributed by atoms with Gasteiger partial charge in [0.1, 0.15) is 35.6 Å². The molecule has 6 atom stereocenters. The number of benzene rings is 1. The zero-order chi connectivity index (χ0) is 46.2. The highest BCUT2D eigenvalue weighted by atomic mass is 31.2. The summed E-state index contributed by atoms with van der Waals surface area (Å²) in [6.07, 6.45) is 9.48. The average Bonchev–Trinajstić information content (AvgIpc) is 3.21. The van der Waals surface area contributed by atoms with Gasteiger partial charge in [0.05, 0.1) is 12.2 Å². The molecule has 0 unspecified atom stereocenters. The lowest BCUT2D eigenvalue weighted by atomic mass is 9.84. The van der Waals surface area contributed by atoms with E-state index in [0.717, 1.165) is 32.1 Å². The first-order valence-corrected chi connectivity index (χ1v) is 22.1. The Bertz CT molecular complexity index is 1890. The standard InChI is InChI=1S/C41H60N7O13P/c1-6-11-33(41(56,57)40(55)46-31(39(53)54)22-27-14-16-28(17-15-27)61-62(58,59)60)47-35(49)30(21-26-12-9-8-10-13-26)45-38(52)34(25(5)7-2)48-36(50)29(20-24(3)4)44-37(51)32-23-42-18-19-43-32/h6,14-19,23-26,29-31,33-34,56-57H,1,7-13,20-22H2,2-5H3,(H,44,51)(H,45,52)(H,46,55)(H,47,49)(H,48,50)(H,53,54)(H2,58,59,60)/t25-,29-,30-,31-,33-,34-/m0/s1. The minimum absolute atomic E-state index is 0.00725. The molecule has 1 heterocycles. The smallest absolute Gasteiger partial charge is 0.480 e. The van der Waals surface area contributed by atoms with E-state index in [0.29, 0.717) is 6.42 Å². The molecule has 2 aromatic rings. The molecule has 0 aliphatic heterocycles. The number of hydrogen-bond acceptors (Lipinski definition) is 12. The first kappa shape index (κ1) is 51.1. The van der Waals surface area contributed by atoms with Crippen LogP contribution in [0.5, 0.6) is 5.75 Å². The van der Waals surface area contributed by atoms with Crippen LogP contribution >= 0.6 is 7.82 Å². The Morgan fingerprint density at radius 1 is 0.887 bits per heavy atom. The summed E-state index contributed by atoms with van der Waals surface area (Å²) >= 11 is 0. The third-order valence-corrected chi connectivity index (χ3v) is 11.0. The molecular formula is C41H60N7O13P. The third-order valence-electron chi connectivity index (χ3n) is 10.6. The Morgan fingerprint density at radius 2 is 1.53 bits per heavy atom. The van der Waals surface area contributed by atoms with Gasteiger partial charge in [-0.3, -0.25) is 38.7 Å². The van der Waals surface area contributed by atoms with Crippen molar-refractivity contribution in [2.45, 2.75) is 128 Å². The lowest BCUT2D eigenvalue weighted by molar-refractivity contribution is -0.197. The molecule has 10 N–H and O–H groups in total. The van der Waals surface area contributed by atoms with Crippen molar-refractivity contribution in [3.63, 3.8) is 0 Å². The number of amides is 5. The van der Waals surface area contributed by atoms with Gasteiger partial charge in [-0.05, 0) is 54.7 Å². The van der Waals surface area contributed by atoms with Crippen LogP contribution in [0.2, 0.25) is 0 Å². The Kier molecular flexibility index (Phi) is 19.6. The van der Waals surface area contributed by atoms with Crippen molar-refractivity contribution >= 4 is 43.3 Å². The molecule has 5 amide bonds. The largest absolute Gasteiger partial charge is 0.524 e. The predicted molar refractivity (Wildman–Crippen MR) is 224 cm³/mol. The van der Waals surface area contributed by atoms with Crippen molar-refractivity contribution in [2.24, 2.45) is 17.8 Å². The molecule has 0 saturated heterocycles. The van der Waals surface area contributed by atoms with Crippen LogP contribution in [-0.4, -0.2) is 107 Å². The van der Waals surface area contributed by atoms with Gasteiger partial charge in [-0.25, -0.2) is 14.3 Å². The molecule has 20 nitrogen and oxygen atoms in total. The van der Waals surface area contributed by atoms with Gasteiger partial charge in [-0.1, -0.05) is 84.4 Å². The van der Waals surface area contributed by atoms with Crippen molar-refractivity contribution in [1.82, 2.24) is 36.6 Å². The third kappa shape index (κ3) is 16.2. The molecular weight excluding hydrogens is 829 g/mol. The number of rotatable bonds is 24. The average molecular weight is 890 g/mol. The zero-order valence-electron chi connectivity index (χ0n) is 35.4. The van der Waals surface area contributed by atoms with Crippen molar-refractivity contribution in [3.8, 4) is 5.75 Å². The number of phosphoric ester groups is 1. The van der Waals surface area contributed by atoms with Crippen molar-refractivity contribution in [3.05, 3.63) is 66.8 Å². The van der Waals surface area contributed by atoms with E-state index >= 15 is 0 Å². The van der Waals surface area contributed by atoms with E-state index in [2.05, 4.69) is 47.7 Å². The van der Waals surface area contributed by atoms with E-state index in [9.17, 15) is 48.7 Å². The van der Waals surface area contributed by atoms with E-state index in [4.69, 9.17) is 9.79 Å². The van der Waals surface area contributed by atoms with E-state index < -0.39 is 98.1 Å². The van der Waals surface area contributed by atoms with Gasteiger partial charge in [0.2, 0.25) is 17.7 Å². The first-order chi connectivity index (χ1) is 29.1. The number of aliphatic carboxylic acids is 1. The summed E-state index contributed by atoms with van der Waals surface area (Å²) in [6, 6.07) is -2.13.